The third-order valence-electron chi connectivity index (χ3n) is 6.22. The Morgan fingerprint density at radius 3 is 2.19 bits per heavy atom. The first-order valence-corrected chi connectivity index (χ1v) is 14.1. The van der Waals surface area contributed by atoms with Gasteiger partial charge < -0.3 is 23.8 Å². The van der Waals surface area contributed by atoms with Gasteiger partial charge in [0.05, 0.1) is 23.4 Å². The molecule has 0 aliphatic heterocycles. The smallest absolute Gasteiger partial charge is 0.345 e. The van der Waals surface area contributed by atoms with Gasteiger partial charge in [-0.3, -0.25) is 10.1 Å². The number of likely N-dealkylation sites (N-methyl/N-ethyl adjacent to an activating group) is 1. The number of carbonyl (C=O) groups is 4. The molecular formula is C33H32N4O10. The molecule has 244 valence electrons. The molecule has 47 heavy (non-hydrogen) atoms. The molecule has 14 heteroatoms. The van der Waals surface area contributed by atoms with E-state index in [-0.39, 0.29) is 36.6 Å². The van der Waals surface area contributed by atoms with Gasteiger partial charge in [-0.25, -0.2) is 19.2 Å². The number of ether oxygens (including phenoxy) is 4. The van der Waals surface area contributed by atoms with Crippen molar-refractivity contribution in [1.82, 2.24) is 0 Å². The number of benzene rings is 3. The Morgan fingerprint density at radius 2 is 1.57 bits per heavy atom. The average Bonchev–Trinajstić information content (AvgIpc) is 3.07. The summed E-state index contributed by atoms with van der Waals surface area (Å²) < 4.78 is 19.9. The number of esters is 4. The first kappa shape index (κ1) is 35.3. The lowest BCUT2D eigenvalue weighted by Crippen LogP contribution is -2.32. The van der Waals surface area contributed by atoms with Gasteiger partial charge in [-0.05, 0) is 74.0 Å². The van der Waals surface area contributed by atoms with E-state index in [1.165, 1.54) is 32.2 Å². The molecule has 0 unspecified atom stereocenters. The first-order valence-electron chi connectivity index (χ1n) is 14.1. The van der Waals surface area contributed by atoms with Crippen LogP contribution in [-0.4, -0.2) is 62.2 Å². The molecule has 0 saturated carbocycles. The molecule has 0 atom stereocenters. The SMILES string of the molecule is C=C(C)C(=O)OCCOC(=O)c1cc(/N=N/c2ccc(N(CC)CC(=O)Oc3ccc(/C=C/C(=O)OC)cc3)cc2)ccc1[N+](=O)[O-]. The third-order valence-corrected chi connectivity index (χ3v) is 6.22. The van der Waals surface area contributed by atoms with E-state index < -0.39 is 34.5 Å². The van der Waals surface area contributed by atoms with Crippen molar-refractivity contribution >= 4 is 52.7 Å². The van der Waals surface area contributed by atoms with E-state index >= 15 is 0 Å². The normalized spacial score (nSPS) is 10.8. The van der Waals surface area contributed by atoms with Crippen LogP contribution in [0.3, 0.4) is 0 Å². The summed E-state index contributed by atoms with van der Waals surface area (Å²) in [5.41, 5.74) is 1.40. The van der Waals surface area contributed by atoms with Crippen molar-refractivity contribution in [2.24, 2.45) is 10.2 Å². The average molecular weight is 645 g/mol. The van der Waals surface area contributed by atoms with Crippen molar-refractivity contribution in [2.75, 3.05) is 38.3 Å². The summed E-state index contributed by atoms with van der Waals surface area (Å²) in [6, 6.07) is 17.1. The number of hydrogen-bond acceptors (Lipinski definition) is 13. The van der Waals surface area contributed by atoms with Crippen molar-refractivity contribution in [3.63, 3.8) is 0 Å². The Morgan fingerprint density at radius 1 is 0.936 bits per heavy atom. The van der Waals surface area contributed by atoms with Crippen molar-refractivity contribution in [2.45, 2.75) is 13.8 Å². The van der Waals surface area contributed by atoms with Crippen LogP contribution in [0, 0.1) is 10.1 Å². The Balaban J connectivity index is 1.61. The second kappa shape index (κ2) is 17.3. The molecule has 0 aromatic heterocycles. The van der Waals surface area contributed by atoms with Gasteiger partial charge in [-0.15, -0.1) is 0 Å². The quantitative estimate of drug-likeness (QED) is 0.0281. The number of carbonyl (C=O) groups excluding carboxylic acids is 4. The summed E-state index contributed by atoms with van der Waals surface area (Å²) in [7, 11) is 1.29. The number of nitro benzene ring substituents is 1. The number of azo groups is 1. The van der Waals surface area contributed by atoms with Crippen LogP contribution in [0.1, 0.15) is 29.8 Å². The summed E-state index contributed by atoms with van der Waals surface area (Å²) in [6.45, 7) is 6.70. The van der Waals surface area contributed by atoms with Crippen LogP contribution in [0.5, 0.6) is 5.75 Å². The fraction of sp³-hybridized carbons (Fsp3) is 0.212. The van der Waals surface area contributed by atoms with Crippen LogP contribution >= 0.6 is 0 Å². The molecule has 0 fully saturated rings. The molecule has 3 aromatic carbocycles. The standard InChI is InChI=1S/C33H32N4O10/c1-5-36(21-31(39)47-27-14-6-23(7-15-27)8-17-30(38)44-4)26-12-9-24(10-13-26)34-35-25-11-16-29(37(42)43)28(20-25)33(41)46-19-18-45-32(40)22(2)3/h6-17,20H,2,5,18-19,21H2,1,3-4H3/b17-8+,35-34+. The van der Waals surface area contributed by atoms with Crippen LogP contribution in [0.4, 0.5) is 22.7 Å². The number of nitro groups is 1. The van der Waals surface area contributed by atoms with Gasteiger partial charge in [0.1, 0.15) is 31.1 Å². The number of rotatable bonds is 15. The van der Waals surface area contributed by atoms with Gasteiger partial charge in [0.15, 0.2) is 0 Å². The molecule has 0 saturated heterocycles. The van der Waals surface area contributed by atoms with E-state index in [1.807, 2.05) is 6.92 Å². The highest BCUT2D eigenvalue weighted by Crippen LogP contribution is 2.27. The molecule has 0 radical (unpaired) electrons. The fourth-order valence-electron chi connectivity index (χ4n) is 3.81. The van der Waals surface area contributed by atoms with E-state index in [9.17, 15) is 29.3 Å². The molecule has 0 heterocycles. The summed E-state index contributed by atoms with van der Waals surface area (Å²) in [4.78, 5) is 60.4. The van der Waals surface area contributed by atoms with E-state index in [1.54, 1.807) is 59.5 Å². The molecule has 0 spiro atoms. The van der Waals surface area contributed by atoms with Crippen molar-refractivity contribution in [3.05, 3.63) is 106 Å². The molecule has 0 aliphatic carbocycles. The zero-order valence-electron chi connectivity index (χ0n) is 25.9. The lowest BCUT2D eigenvalue weighted by molar-refractivity contribution is -0.385. The Labute approximate surface area is 270 Å². The topological polar surface area (TPSA) is 176 Å². The predicted molar refractivity (Wildman–Crippen MR) is 171 cm³/mol. The minimum atomic E-state index is -0.993. The second-order valence-corrected chi connectivity index (χ2v) is 9.64. The number of methoxy groups -OCH3 is 1. The maximum absolute atomic E-state index is 12.6. The van der Waals surface area contributed by atoms with E-state index in [0.29, 0.717) is 18.0 Å². The Hall–Kier alpha value is -6.18. The zero-order valence-corrected chi connectivity index (χ0v) is 25.9. The highest BCUT2D eigenvalue weighted by molar-refractivity contribution is 5.95. The van der Waals surface area contributed by atoms with Crippen molar-refractivity contribution < 1.29 is 43.0 Å². The largest absolute Gasteiger partial charge is 0.466 e. The van der Waals surface area contributed by atoms with Gasteiger partial charge in [0, 0.05) is 29.9 Å². The van der Waals surface area contributed by atoms with Crippen molar-refractivity contribution in [3.8, 4) is 5.75 Å². The lowest BCUT2D eigenvalue weighted by atomic mass is 10.1. The van der Waals surface area contributed by atoms with Gasteiger partial charge in [-0.1, -0.05) is 18.7 Å². The molecule has 0 aliphatic rings. The minimum Gasteiger partial charge on any atom is -0.466 e. The summed E-state index contributed by atoms with van der Waals surface area (Å²) >= 11 is 0. The molecule has 0 bridgehead atoms. The summed E-state index contributed by atoms with van der Waals surface area (Å²) in [5.74, 6) is -2.25. The van der Waals surface area contributed by atoms with E-state index in [2.05, 4.69) is 21.5 Å². The maximum atomic E-state index is 12.6. The molecule has 3 rings (SSSR count). The summed E-state index contributed by atoms with van der Waals surface area (Å²) in [5, 5.41) is 19.7. The fourth-order valence-corrected chi connectivity index (χ4v) is 3.81. The summed E-state index contributed by atoms with van der Waals surface area (Å²) in [6.07, 6.45) is 2.87. The van der Waals surface area contributed by atoms with E-state index in [0.717, 1.165) is 17.3 Å². The zero-order chi connectivity index (χ0) is 34.3. The van der Waals surface area contributed by atoms with Gasteiger partial charge in [-0.2, -0.15) is 10.2 Å². The molecule has 0 amide bonds. The van der Waals surface area contributed by atoms with Gasteiger partial charge >= 0.3 is 23.9 Å². The number of nitrogens with zero attached hydrogens (tertiary/aromatic N) is 4. The van der Waals surface area contributed by atoms with Crippen LogP contribution in [-0.2, 0) is 28.6 Å². The second-order valence-electron chi connectivity index (χ2n) is 9.64. The molecular weight excluding hydrogens is 612 g/mol. The van der Waals surface area contributed by atoms with Gasteiger partial charge in [0.2, 0.25) is 0 Å². The maximum Gasteiger partial charge on any atom is 0.345 e. The molecule has 3 aromatic rings. The van der Waals surface area contributed by atoms with E-state index in [4.69, 9.17) is 14.2 Å². The van der Waals surface area contributed by atoms with Crippen LogP contribution in [0.15, 0.2) is 95.2 Å². The Kier molecular flexibility index (Phi) is 13.0. The van der Waals surface area contributed by atoms with Crippen LogP contribution in [0.2, 0.25) is 0 Å². The number of anilines is 1. The third kappa shape index (κ3) is 11.0. The first-order chi connectivity index (χ1) is 22.5. The lowest BCUT2D eigenvalue weighted by Gasteiger charge is -2.22. The molecule has 0 N–H and O–H groups in total. The highest BCUT2D eigenvalue weighted by atomic mass is 16.6. The minimum absolute atomic E-state index is 0.0284. The van der Waals surface area contributed by atoms with Crippen LogP contribution in [0.25, 0.3) is 6.08 Å². The predicted octanol–water partition coefficient (Wildman–Crippen LogP) is 5.90. The van der Waals surface area contributed by atoms with Crippen LogP contribution < -0.4 is 9.64 Å². The molecule has 14 nitrogen and oxygen atoms in total. The highest BCUT2D eigenvalue weighted by Gasteiger charge is 2.22. The monoisotopic (exact) mass is 644 g/mol. The van der Waals surface area contributed by atoms with Gasteiger partial charge in [0.25, 0.3) is 5.69 Å². The Bertz CT molecular complexity index is 1680. The number of hydrogen-bond donors (Lipinski definition) is 0. The van der Waals surface area contributed by atoms with Crippen molar-refractivity contribution in [1.29, 1.82) is 0 Å².